The Labute approximate surface area is 171 Å². The zero-order valence-corrected chi connectivity index (χ0v) is 17.7. The number of nitrogens with one attached hydrogen (secondary N) is 2. The average Bonchev–Trinajstić information content (AvgIpc) is 3.04. The van der Waals surface area contributed by atoms with Gasteiger partial charge in [0.2, 0.25) is 0 Å². The van der Waals surface area contributed by atoms with Crippen LogP contribution >= 0.6 is 35.3 Å². The Kier molecular flexibility index (Phi) is 8.60. The van der Waals surface area contributed by atoms with Crippen LogP contribution in [0, 0.1) is 0 Å². The molecule has 0 aliphatic heterocycles. The van der Waals surface area contributed by atoms with Crippen molar-refractivity contribution in [2.45, 2.75) is 19.3 Å². The first-order chi connectivity index (χ1) is 11.8. The zero-order valence-electron chi connectivity index (χ0n) is 14.6. The van der Waals surface area contributed by atoms with Crippen LogP contribution in [0.25, 0.3) is 0 Å². The Morgan fingerprint density at radius 3 is 2.50 bits per heavy atom. The molecule has 0 amide bonds. The summed E-state index contributed by atoms with van der Waals surface area (Å²) >= 11 is 1.54. The van der Waals surface area contributed by atoms with Crippen LogP contribution in [-0.4, -0.2) is 32.1 Å². The summed E-state index contributed by atoms with van der Waals surface area (Å²) in [5, 5.41) is 8.95. The van der Waals surface area contributed by atoms with Crippen molar-refractivity contribution < 1.29 is 13.2 Å². The number of anilines is 1. The first-order valence-electron chi connectivity index (χ1n) is 7.52. The number of aromatic nitrogens is 1. The SMILES string of the molecule is CN=C(NCc1cccc(C(F)(F)F)c1)NCc1csc(N(C)C)n1.I. The van der Waals surface area contributed by atoms with Crippen LogP contribution < -0.4 is 15.5 Å². The van der Waals surface area contributed by atoms with Crippen LogP contribution in [0.1, 0.15) is 16.8 Å². The number of thiazole rings is 1. The summed E-state index contributed by atoms with van der Waals surface area (Å²) in [4.78, 5) is 10.4. The third kappa shape index (κ3) is 6.63. The van der Waals surface area contributed by atoms with E-state index < -0.39 is 11.7 Å². The number of hydrogen-bond acceptors (Lipinski definition) is 4. The van der Waals surface area contributed by atoms with E-state index in [1.165, 1.54) is 17.4 Å². The van der Waals surface area contributed by atoms with Gasteiger partial charge >= 0.3 is 6.18 Å². The molecule has 1 heterocycles. The van der Waals surface area contributed by atoms with Gasteiger partial charge in [-0.1, -0.05) is 12.1 Å². The molecule has 2 rings (SSSR count). The molecule has 0 aliphatic carbocycles. The minimum atomic E-state index is -4.34. The molecule has 0 saturated heterocycles. The summed E-state index contributed by atoms with van der Waals surface area (Å²) < 4.78 is 38.2. The van der Waals surface area contributed by atoms with Gasteiger partial charge in [0.25, 0.3) is 0 Å². The molecule has 0 unspecified atom stereocenters. The lowest BCUT2D eigenvalue weighted by Gasteiger charge is -2.12. The summed E-state index contributed by atoms with van der Waals surface area (Å²) in [7, 11) is 5.45. The standard InChI is InChI=1S/C16H20F3N5S.HI/c1-20-14(22-9-13-10-25-15(23-13)24(2)3)21-8-11-5-4-6-12(7-11)16(17,18)19;/h4-7,10H,8-9H2,1-3H3,(H2,20,21,22);1H. The molecule has 2 N–H and O–H groups in total. The highest BCUT2D eigenvalue weighted by atomic mass is 127. The quantitative estimate of drug-likeness (QED) is 0.374. The van der Waals surface area contributed by atoms with Crippen molar-refractivity contribution in [3.05, 3.63) is 46.5 Å². The van der Waals surface area contributed by atoms with Crippen molar-refractivity contribution in [2.24, 2.45) is 4.99 Å². The van der Waals surface area contributed by atoms with E-state index in [0.717, 1.165) is 23.0 Å². The van der Waals surface area contributed by atoms with Gasteiger partial charge < -0.3 is 15.5 Å². The van der Waals surface area contributed by atoms with Gasteiger partial charge in [0.05, 0.1) is 17.8 Å². The lowest BCUT2D eigenvalue weighted by atomic mass is 10.1. The van der Waals surface area contributed by atoms with Crippen LogP contribution in [-0.2, 0) is 19.3 Å². The summed E-state index contributed by atoms with van der Waals surface area (Å²) in [5.41, 5.74) is 0.741. The van der Waals surface area contributed by atoms with Crippen molar-refractivity contribution in [2.75, 3.05) is 26.0 Å². The molecule has 1 aromatic heterocycles. The molecular formula is C16H21F3IN5S. The Balaban J connectivity index is 0.00000338. The Morgan fingerprint density at radius 2 is 1.92 bits per heavy atom. The smallest absolute Gasteiger partial charge is 0.354 e. The molecule has 1 aromatic carbocycles. The molecule has 0 fully saturated rings. The van der Waals surface area contributed by atoms with E-state index in [-0.39, 0.29) is 30.5 Å². The van der Waals surface area contributed by atoms with Crippen LogP contribution in [0.5, 0.6) is 0 Å². The van der Waals surface area contributed by atoms with E-state index in [4.69, 9.17) is 0 Å². The number of guanidine groups is 1. The molecule has 0 radical (unpaired) electrons. The second kappa shape index (κ2) is 9.95. The second-order valence-electron chi connectivity index (χ2n) is 5.49. The number of rotatable bonds is 5. The van der Waals surface area contributed by atoms with Gasteiger partial charge in [0.1, 0.15) is 0 Å². The van der Waals surface area contributed by atoms with Gasteiger partial charge in [-0.3, -0.25) is 4.99 Å². The Bertz CT molecular complexity index is 731. The normalized spacial score (nSPS) is 11.7. The average molecular weight is 499 g/mol. The zero-order chi connectivity index (χ0) is 18.4. The largest absolute Gasteiger partial charge is 0.416 e. The van der Waals surface area contributed by atoms with E-state index in [1.54, 1.807) is 13.1 Å². The molecular weight excluding hydrogens is 478 g/mol. The highest BCUT2D eigenvalue weighted by Crippen LogP contribution is 2.29. The number of nitrogens with zero attached hydrogens (tertiary/aromatic N) is 3. The minimum absolute atomic E-state index is 0. The monoisotopic (exact) mass is 499 g/mol. The number of benzene rings is 1. The lowest BCUT2D eigenvalue weighted by molar-refractivity contribution is -0.137. The topological polar surface area (TPSA) is 52.6 Å². The number of alkyl halides is 3. The Hall–Kier alpha value is -1.56. The lowest BCUT2D eigenvalue weighted by Crippen LogP contribution is -2.36. The third-order valence-electron chi connectivity index (χ3n) is 3.30. The number of aliphatic imine (C=N–C) groups is 1. The van der Waals surface area contributed by atoms with Crippen molar-refractivity contribution >= 4 is 46.4 Å². The molecule has 0 aliphatic rings. The first-order valence-corrected chi connectivity index (χ1v) is 8.40. The number of hydrogen-bond donors (Lipinski definition) is 2. The molecule has 0 spiro atoms. The molecule has 0 saturated carbocycles. The van der Waals surface area contributed by atoms with Crippen molar-refractivity contribution in [1.29, 1.82) is 0 Å². The highest BCUT2D eigenvalue weighted by molar-refractivity contribution is 14.0. The first kappa shape index (κ1) is 22.5. The van der Waals surface area contributed by atoms with E-state index in [9.17, 15) is 13.2 Å². The van der Waals surface area contributed by atoms with E-state index in [0.29, 0.717) is 18.1 Å². The van der Waals surface area contributed by atoms with Crippen molar-refractivity contribution in [1.82, 2.24) is 15.6 Å². The van der Waals surface area contributed by atoms with Gasteiger partial charge in [-0.25, -0.2) is 4.98 Å². The van der Waals surface area contributed by atoms with Crippen LogP contribution in [0.4, 0.5) is 18.3 Å². The molecule has 5 nitrogen and oxygen atoms in total. The summed E-state index contributed by atoms with van der Waals surface area (Å²) in [6.45, 7) is 0.718. The number of halogens is 4. The maximum absolute atomic E-state index is 12.7. The van der Waals surface area contributed by atoms with Crippen LogP contribution in [0.2, 0.25) is 0 Å². The van der Waals surface area contributed by atoms with Crippen LogP contribution in [0.3, 0.4) is 0 Å². The maximum Gasteiger partial charge on any atom is 0.416 e. The molecule has 10 heteroatoms. The van der Waals surface area contributed by atoms with E-state index >= 15 is 0 Å². The third-order valence-corrected chi connectivity index (χ3v) is 4.35. The Morgan fingerprint density at radius 1 is 1.23 bits per heavy atom. The van der Waals surface area contributed by atoms with E-state index in [1.807, 2.05) is 24.4 Å². The minimum Gasteiger partial charge on any atom is -0.354 e. The molecule has 144 valence electrons. The fraction of sp³-hybridized carbons (Fsp3) is 0.375. The predicted molar refractivity (Wildman–Crippen MR) is 110 cm³/mol. The van der Waals surface area contributed by atoms with E-state index in [2.05, 4.69) is 20.6 Å². The molecule has 0 atom stereocenters. The van der Waals surface area contributed by atoms with Gasteiger partial charge in [-0.05, 0) is 17.7 Å². The van der Waals surface area contributed by atoms with Crippen molar-refractivity contribution in [3.63, 3.8) is 0 Å². The molecule has 0 bridgehead atoms. The predicted octanol–water partition coefficient (Wildman–Crippen LogP) is 3.71. The van der Waals surface area contributed by atoms with Crippen molar-refractivity contribution in [3.8, 4) is 0 Å². The summed E-state index contributed by atoms with van der Waals surface area (Å²) in [6, 6.07) is 5.22. The van der Waals surface area contributed by atoms with Gasteiger partial charge in [-0.15, -0.1) is 35.3 Å². The summed E-state index contributed by atoms with van der Waals surface area (Å²) in [6.07, 6.45) is -4.34. The van der Waals surface area contributed by atoms with Gasteiger partial charge in [0.15, 0.2) is 11.1 Å². The highest BCUT2D eigenvalue weighted by Gasteiger charge is 2.30. The maximum atomic E-state index is 12.7. The van der Waals surface area contributed by atoms with Crippen LogP contribution in [0.15, 0.2) is 34.6 Å². The molecule has 2 aromatic rings. The fourth-order valence-corrected chi connectivity index (χ4v) is 2.78. The second-order valence-corrected chi connectivity index (χ2v) is 6.33. The van der Waals surface area contributed by atoms with Gasteiger partial charge in [-0.2, -0.15) is 13.2 Å². The summed E-state index contributed by atoms with van der Waals surface area (Å²) in [5.74, 6) is 0.497. The fourth-order valence-electron chi connectivity index (χ4n) is 2.02. The van der Waals surface area contributed by atoms with Gasteiger partial charge in [0, 0.05) is 33.1 Å². The molecule has 26 heavy (non-hydrogen) atoms.